The third kappa shape index (κ3) is 4.29. The molecule has 3 aromatic carbocycles. The first-order chi connectivity index (χ1) is 16.5. The van der Waals surface area contributed by atoms with E-state index in [1.807, 2.05) is 43.3 Å². The van der Waals surface area contributed by atoms with Gasteiger partial charge in [-0.2, -0.15) is 4.80 Å². The Labute approximate surface area is 198 Å². The van der Waals surface area contributed by atoms with Crippen molar-refractivity contribution in [3.63, 3.8) is 0 Å². The molecule has 1 aliphatic heterocycles. The van der Waals surface area contributed by atoms with Crippen LogP contribution in [-0.4, -0.2) is 25.3 Å². The van der Waals surface area contributed by atoms with E-state index in [-0.39, 0.29) is 23.7 Å². The SMILES string of the molecule is CCn1nnc(/C=C/c2ccc(C3Cc4cc(O)ccc4C(C)N3c3ccc(F)cc3)cc2)n1. The molecule has 6 nitrogen and oxygen atoms in total. The van der Waals surface area contributed by atoms with Crippen LogP contribution in [0.15, 0.2) is 66.7 Å². The van der Waals surface area contributed by atoms with Crippen molar-refractivity contribution in [3.8, 4) is 5.75 Å². The number of phenols is 1. The number of hydrogen-bond acceptors (Lipinski definition) is 5. The minimum absolute atomic E-state index is 0.0407. The molecule has 172 valence electrons. The quantitative estimate of drug-likeness (QED) is 0.426. The first kappa shape index (κ1) is 21.8. The van der Waals surface area contributed by atoms with Crippen molar-refractivity contribution in [3.05, 3.63) is 101 Å². The summed E-state index contributed by atoms with van der Waals surface area (Å²) in [5.74, 6) is 0.597. The highest BCUT2D eigenvalue weighted by Crippen LogP contribution is 2.44. The van der Waals surface area contributed by atoms with E-state index >= 15 is 0 Å². The van der Waals surface area contributed by atoms with E-state index in [0.717, 1.165) is 28.8 Å². The Hall–Kier alpha value is -4.00. The van der Waals surface area contributed by atoms with Crippen molar-refractivity contribution in [2.75, 3.05) is 4.90 Å². The molecule has 7 heteroatoms. The summed E-state index contributed by atoms with van der Waals surface area (Å²) in [6.07, 6.45) is 4.56. The van der Waals surface area contributed by atoms with Gasteiger partial charge in [0.2, 0.25) is 0 Å². The lowest BCUT2D eigenvalue weighted by molar-refractivity contribution is 0.468. The van der Waals surface area contributed by atoms with Crippen LogP contribution in [0.4, 0.5) is 10.1 Å². The van der Waals surface area contributed by atoms with Crippen molar-refractivity contribution < 1.29 is 9.50 Å². The van der Waals surface area contributed by atoms with Gasteiger partial charge in [0.25, 0.3) is 0 Å². The zero-order valence-corrected chi connectivity index (χ0v) is 19.1. The molecule has 1 aromatic heterocycles. The molecule has 0 saturated carbocycles. The van der Waals surface area contributed by atoms with Gasteiger partial charge in [-0.15, -0.1) is 10.2 Å². The average Bonchev–Trinajstić information content (AvgIpc) is 3.32. The molecule has 0 amide bonds. The van der Waals surface area contributed by atoms with Crippen LogP contribution < -0.4 is 4.90 Å². The Kier molecular flexibility index (Phi) is 5.84. The number of benzene rings is 3. The van der Waals surface area contributed by atoms with E-state index < -0.39 is 0 Å². The molecule has 0 radical (unpaired) electrons. The summed E-state index contributed by atoms with van der Waals surface area (Å²) in [6, 6.07) is 20.7. The number of halogens is 1. The fourth-order valence-corrected chi connectivity index (χ4v) is 4.65. The van der Waals surface area contributed by atoms with E-state index in [1.165, 1.54) is 17.7 Å². The number of tetrazole rings is 1. The molecule has 0 saturated heterocycles. The molecule has 34 heavy (non-hydrogen) atoms. The highest BCUT2D eigenvalue weighted by atomic mass is 19.1. The standard InChI is InChI=1S/C27H26FN5O/c1-3-32-30-27(29-31-32)15-6-19-4-7-20(8-5-19)26-17-21-16-24(34)13-14-25(21)18(2)33(26)23-11-9-22(28)10-12-23/h4-16,18,26,34H,3,17H2,1-2H3/b15-6+. The number of phenolic OH excluding ortho intramolecular Hbond substituents is 1. The van der Waals surface area contributed by atoms with Gasteiger partial charge >= 0.3 is 0 Å². The summed E-state index contributed by atoms with van der Waals surface area (Å²) >= 11 is 0. The normalized spacial score (nSPS) is 17.8. The largest absolute Gasteiger partial charge is 0.508 e. The maximum absolute atomic E-state index is 13.6. The highest BCUT2D eigenvalue weighted by Gasteiger charge is 2.33. The molecule has 0 aliphatic carbocycles. The second-order valence-corrected chi connectivity index (χ2v) is 8.50. The van der Waals surface area contributed by atoms with Crippen LogP contribution >= 0.6 is 0 Å². The van der Waals surface area contributed by atoms with Gasteiger partial charge in [-0.05, 0) is 90.2 Å². The molecule has 2 heterocycles. The number of aromatic hydroxyl groups is 1. The van der Waals surface area contributed by atoms with Crippen molar-refractivity contribution in [2.24, 2.45) is 0 Å². The Morgan fingerprint density at radius 3 is 2.50 bits per heavy atom. The number of anilines is 1. The third-order valence-electron chi connectivity index (χ3n) is 6.36. The van der Waals surface area contributed by atoms with Crippen molar-refractivity contribution in [1.82, 2.24) is 20.2 Å². The molecular weight excluding hydrogens is 429 g/mol. The van der Waals surface area contributed by atoms with Crippen LogP contribution in [0.1, 0.15) is 54.0 Å². The number of aryl methyl sites for hydroxylation is 1. The van der Waals surface area contributed by atoms with Gasteiger partial charge in [-0.25, -0.2) is 4.39 Å². The highest BCUT2D eigenvalue weighted by molar-refractivity contribution is 5.66. The lowest BCUT2D eigenvalue weighted by Crippen LogP contribution is -2.37. The summed E-state index contributed by atoms with van der Waals surface area (Å²) in [5.41, 5.74) is 5.45. The van der Waals surface area contributed by atoms with Crippen LogP contribution in [0.5, 0.6) is 5.75 Å². The van der Waals surface area contributed by atoms with Gasteiger partial charge in [0, 0.05) is 5.69 Å². The number of rotatable bonds is 5. The van der Waals surface area contributed by atoms with E-state index in [9.17, 15) is 9.50 Å². The first-order valence-electron chi connectivity index (χ1n) is 11.4. The summed E-state index contributed by atoms with van der Waals surface area (Å²) in [6.45, 7) is 4.80. The maximum atomic E-state index is 13.6. The molecule has 1 N–H and O–H groups in total. The van der Waals surface area contributed by atoms with Crippen molar-refractivity contribution in [2.45, 2.75) is 38.9 Å². The smallest absolute Gasteiger partial charge is 0.197 e. The summed E-state index contributed by atoms with van der Waals surface area (Å²) in [7, 11) is 0. The Morgan fingerprint density at radius 1 is 1.03 bits per heavy atom. The van der Waals surface area contributed by atoms with Crippen LogP contribution in [0.2, 0.25) is 0 Å². The third-order valence-corrected chi connectivity index (χ3v) is 6.36. The van der Waals surface area contributed by atoms with E-state index in [4.69, 9.17) is 0 Å². The predicted octanol–water partition coefficient (Wildman–Crippen LogP) is 5.57. The topological polar surface area (TPSA) is 67.1 Å². The average molecular weight is 456 g/mol. The fraction of sp³-hybridized carbons (Fsp3) is 0.222. The zero-order valence-electron chi connectivity index (χ0n) is 19.1. The van der Waals surface area contributed by atoms with Crippen molar-refractivity contribution >= 4 is 17.8 Å². The van der Waals surface area contributed by atoms with Gasteiger partial charge in [0.05, 0.1) is 18.6 Å². The Bertz CT molecular complexity index is 1310. The summed E-state index contributed by atoms with van der Waals surface area (Å²) in [4.78, 5) is 3.88. The zero-order chi connectivity index (χ0) is 23.7. The number of nitrogens with zero attached hydrogens (tertiary/aromatic N) is 5. The van der Waals surface area contributed by atoms with Gasteiger partial charge in [0.15, 0.2) is 5.82 Å². The van der Waals surface area contributed by atoms with Crippen LogP contribution in [-0.2, 0) is 13.0 Å². The molecule has 0 bridgehead atoms. The minimum Gasteiger partial charge on any atom is -0.508 e. The Balaban J connectivity index is 1.47. The number of aromatic nitrogens is 4. The summed E-state index contributed by atoms with van der Waals surface area (Å²) < 4.78 is 13.6. The molecule has 4 aromatic rings. The second-order valence-electron chi connectivity index (χ2n) is 8.50. The number of fused-ring (bicyclic) bond motifs is 1. The summed E-state index contributed by atoms with van der Waals surface area (Å²) in [5, 5.41) is 22.3. The van der Waals surface area contributed by atoms with Gasteiger partial charge in [-0.1, -0.05) is 36.4 Å². The van der Waals surface area contributed by atoms with Gasteiger partial charge in [-0.3, -0.25) is 0 Å². The van der Waals surface area contributed by atoms with Gasteiger partial charge < -0.3 is 10.0 Å². The lowest BCUT2D eigenvalue weighted by Gasteiger charge is -2.44. The van der Waals surface area contributed by atoms with E-state index in [2.05, 4.69) is 51.5 Å². The monoisotopic (exact) mass is 455 g/mol. The molecule has 0 fully saturated rings. The van der Waals surface area contributed by atoms with Crippen LogP contribution in [0.25, 0.3) is 12.2 Å². The minimum atomic E-state index is -0.250. The predicted molar refractivity (Wildman–Crippen MR) is 131 cm³/mol. The molecule has 1 aliphatic rings. The fourth-order valence-electron chi connectivity index (χ4n) is 4.65. The molecule has 5 rings (SSSR count). The second kappa shape index (κ2) is 9.09. The van der Waals surface area contributed by atoms with Crippen molar-refractivity contribution in [1.29, 1.82) is 0 Å². The lowest BCUT2D eigenvalue weighted by atomic mass is 9.85. The molecule has 0 spiro atoms. The number of hydrogen-bond donors (Lipinski definition) is 1. The molecular formula is C27H26FN5O. The van der Waals surface area contributed by atoms with E-state index in [1.54, 1.807) is 10.9 Å². The van der Waals surface area contributed by atoms with Gasteiger partial charge in [0.1, 0.15) is 11.6 Å². The van der Waals surface area contributed by atoms with Crippen LogP contribution in [0, 0.1) is 5.82 Å². The maximum Gasteiger partial charge on any atom is 0.197 e. The Morgan fingerprint density at radius 2 is 1.79 bits per heavy atom. The first-order valence-corrected chi connectivity index (χ1v) is 11.4. The van der Waals surface area contributed by atoms with Crippen LogP contribution in [0.3, 0.4) is 0 Å². The molecule has 2 unspecified atom stereocenters. The van der Waals surface area contributed by atoms with E-state index in [0.29, 0.717) is 12.4 Å². The molecule has 2 atom stereocenters.